The zero-order valence-corrected chi connectivity index (χ0v) is 21.3. The third kappa shape index (κ3) is 6.52. The second-order valence-electron chi connectivity index (χ2n) is 10.6. The summed E-state index contributed by atoms with van der Waals surface area (Å²) in [6.45, 7) is 5.68. The van der Waals surface area contributed by atoms with E-state index in [0.29, 0.717) is 12.3 Å². The van der Waals surface area contributed by atoms with Crippen LogP contribution in [0.2, 0.25) is 0 Å². The molecule has 3 heteroatoms. The second kappa shape index (κ2) is 12.5. The van der Waals surface area contributed by atoms with E-state index in [2.05, 4.69) is 37.5 Å². The standard InChI is InChI=1S/C33H37F3/c1-3-5-7-8-23-10-13-27-21-28(17-16-26(27)18-23)29-15-14-25(31(34)22-29)12-11-24-19-32(35)30(9-6-4-2)33(36)20-24/h3-5,14-15,19-20,22-23,26-28H,2,6-10,13,16-18,21H2,1H3/b5-3+. The summed E-state index contributed by atoms with van der Waals surface area (Å²) in [5.74, 6) is 6.72. The lowest BCUT2D eigenvalue weighted by atomic mass is 9.63. The van der Waals surface area contributed by atoms with Crippen molar-refractivity contribution < 1.29 is 13.2 Å². The minimum Gasteiger partial charge on any atom is -0.207 e. The Bertz CT molecular complexity index is 1130. The van der Waals surface area contributed by atoms with Crippen LogP contribution in [0.5, 0.6) is 0 Å². The van der Waals surface area contributed by atoms with Gasteiger partial charge in [0.15, 0.2) is 0 Å². The molecule has 0 N–H and O–H groups in total. The summed E-state index contributed by atoms with van der Waals surface area (Å²) in [5, 5.41) is 0. The number of benzene rings is 2. The first-order chi connectivity index (χ1) is 17.5. The molecular weight excluding hydrogens is 453 g/mol. The third-order valence-electron chi connectivity index (χ3n) is 8.24. The van der Waals surface area contributed by atoms with Crippen LogP contribution in [-0.2, 0) is 6.42 Å². The van der Waals surface area contributed by atoms with E-state index in [1.807, 2.05) is 6.07 Å². The van der Waals surface area contributed by atoms with Gasteiger partial charge in [0.2, 0.25) is 0 Å². The Morgan fingerprint density at radius 2 is 1.64 bits per heavy atom. The molecule has 4 atom stereocenters. The normalized spacial score (nSPS) is 23.7. The monoisotopic (exact) mass is 490 g/mol. The zero-order valence-electron chi connectivity index (χ0n) is 21.3. The van der Waals surface area contributed by atoms with E-state index in [1.54, 1.807) is 18.2 Å². The molecule has 0 heterocycles. The van der Waals surface area contributed by atoms with Gasteiger partial charge < -0.3 is 0 Å². The van der Waals surface area contributed by atoms with Crippen molar-refractivity contribution in [3.63, 3.8) is 0 Å². The highest BCUT2D eigenvalue weighted by molar-refractivity contribution is 5.46. The van der Waals surface area contributed by atoms with Gasteiger partial charge in [-0.15, -0.1) is 6.58 Å². The van der Waals surface area contributed by atoms with Gasteiger partial charge in [0.1, 0.15) is 17.5 Å². The Morgan fingerprint density at radius 1 is 0.889 bits per heavy atom. The quantitative estimate of drug-likeness (QED) is 0.268. The Morgan fingerprint density at radius 3 is 2.36 bits per heavy atom. The van der Waals surface area contributed by atoms with Crippen molar-refractivity contribution in [1.82, 2.24) is 0 Å². The maximum Gasteiger partial charge on any atom is 0.139 e. The van der Waals surface area contributed by atoms with Crippen LogP contribution in [0, 0.1) is 47.0 Å². The largest absolute Gasteiger partial charge is 0.207 e. The Labute approximate surface area is 214 Å². The van der Waals surface area contributed by atoms with Gasteiger partial charge in [0.05, 0.1) is 5.56 Å². The van der Waals surface area contributed by atoms with Crippen molar-refractivity contribution in [2.24, 2.45) is 17.8 Å². The van der Waals surface area contributed by atoms with Gasteiger partial charge in [-0.3, -0.25) is 0 Å². The van der Waals surface area contributed by atoms with Crippen molar-refractivity contribution in [3.8, 4) is 11.8 Å². The Kier molecular flexibility index (Phi) is 9.13. The molecule has 0 aromatic heterocycles. The van der Waals surface area contributed by atoms with Crippen molar-refractivity contribution in [1.29, 1.82) is 0 Å². The van der Waals surface area contributed by atoms with E-state index in [9.17, 15) is 13.2 Å². The van der Waals surface area contributed by atoms with Crippen LogP contribution in [0.1, 0.15) is 92.9 Å². The molecule has 0 nitrogen and oxygen atoms in total. The molecule has 0 saturated heterocycles. The van der Waals surface area contributed by atoms with E-state index in [1.165, 1.54) is 50.7 Å². The van der Waals surface area contributed by atoms with Gasteiger partial charge in [-0.2, -0.15) is 0 Å². The zero-order chi connectivity index (χ0) is 25.5. The van der Waals surface area contributed by atoms with Gasteiger partial charge in [-0.1, -0.05) is 42.6 Å². The molecule has 2 fully saturated rings. The van der Waals surface area contributed by atoms with E-state index >= 15 is 0 Å². The maximum absolute atomic E-state index is 14.9. The molecule has 0 bridgehead atoms. The third-order valence-corrected chi connectivity index (χ3v) is 8.24. The van der Waals surface area contributed by atoms with Crippen LogP contribution in [-0.4, -0.2) is 0 Å². The average molecular weight is 491 g/mol. The maximum atomic E-state index is 14.9. The number of rotatable bonds is 7. The molecule has 36 heavy (non-hydrogen) atoms. The molecule has 4 rings (SSSR count). The van der Waals surface area contributed by atoms with Crippen molar-refractivity contribution in [2.75, 3.05) is 0 Å². The first-order valence-corrected chi connectivity index (χ1v) is 13.5. The van der Waals surface area contributed by atoms with Gasteiger partial charge in [-0.25, -0.2) is 13.2 Å². The molecule has 0 radical (unpaired) electrons. The number of hydrogen-bond acceptors (Lipinski definition) is 0. The molecule has 0 spiro atoms. The molecular formula is C33H37F3. The fraction of sp³-hybridized carbons (Fsp3) is 0.455. The van der Waals surface area contributed by atoms with Crippen molar-refractivity contribution in [3.05, 3.63) is 94.8 Å². The Balaban J connectivity index is 1.39. The van der Waals surface area contributed by atoms with Gasteiger partial charge >= 0.3 is 0 Å². The summed E-state index contributed by atoms with van der Waals surface area (Å²) in [6.07, 6.45) is 16.8. The van der Waals surface area contributed by atoms with E-state index < -0.39 is 11.6 Å². The lowest BCUT2D eigenvalue weighted by Crippen LogP contribution is -2.30. The highest BCUT2D eigenvalue weighted by Crippen LogP contribution is 2.48. The van der Waals surface area contributed by atoms with Crippen LogP contribution in [0.3, 0.4) is 0 Å². The molecule has 2 aliphatic rings. The topological polar surface area (TPSA) is 0 Å². The number of halogens is 3. The van der Waals surface area contributed by atoms with Crippen LogP contribution in [0.15, 0.2) is 55.1 Å². The lowest BCUT2D eigenvalue weighted by Gasteiger charge is -2.42. The number of fused-ring (bicyclic) bond motifs is 1. The van der Waals surface area contributed by atoms with Crippen LogP contribution >= 0.6 is 0 Å². The highest BCUT2D eigenvalue weighted by atomic mass is 19.1. The molecule has 2 aromatic rings. The summed E-state index contributed by atoms with van der Waals surface area (Å²) in [7, 11) is 0. The summed E-state index contributed by atoms with van der Waals surface area (Å²) in [4.78, 5) is 0. The van der Waals surface area contributed by atoms with Crippen molar-refractivity contribution >= 4 is 0 Å². The molecule has 4 unspecified atom stereocenters. The van der Waals surface area contributed by atoms with Gasteiger partial charge in [0.25, 0.3) is 0 Å². The van der Waals surface area contributed by atoms with Crippen molar-refractivity contribution in [2.45, 2.75) is 77.0 Å². The van der Waals surface area contributed by atoms with E-state index in [-0.39, 0.29) is 28.9 Å². The molecule has 2 aliphatic carbocycles. The number of hydrogen-bond donors (Lipinski definition) is 0. The highest BCUT2D eigenvalue weighted by Gasteiger charge is 2.35. The van der Waals surface area contributed by atoms with Crippen LogP contribution in [0.25, 0.3) is 0 Å². The molecule has 190 valence electrons. The lowest BCUT2D eigenvalue weighted by molar-refractivity contribution is 0.115. The molecule has 2 saturated carbocycles. The molecule has 0 aliphatic heterocycles. The van der Waals surface area contributed by atoms with E-state index in [0.717, 1.165) is 36.2 Å². The van der Waals surface area contributed by atoms with Gasteiger partial charge in [-0.05, 0) is 118 Å². The minimum absolute atomic E-state index is 0.0350. The smallest absolute Gasteiger partial charge is 0.139 e. The SMILES string of the molecule is C=CCCc1c(F)cc(C#Cc2ccc(C3CCC4CC(CC/C=C/C)CCC4C3)cc2F)cc1F. The first-order valence-electron chi connectivity index (χ1n) is 13.5. The summed E-state index contributed by atoms with van der Waals surface area (Å²) < 4.78 is 43.5. The predicted octanol–water partition coefficient (Wildman–Crippen LogP) is 9.28. The molecule has 2 aromatic carbocycles. The average Bonchev–Trinajstić information content (AvgIpc) is 2.87. The minimum atomic E-state index is -0.626. The first kappa shape index (κ1) is 26.3. The fourth-order valence-corrected chi connectivity index (χ4v) is 6.24. The molecule has 0 amide bonds. The number of allylic oxidation sites excluding steroid dienone is 3. The Hall–Kier alpha value is -2.73. The summed E-state index contributed by atoms with van der Waals surface area (Å²) in [6, 6.07) is 7.76. The fourth-order valence-electron chi connectivity index (χ4n) is 6.24. The van der Waals surface area contributed by atoms with Crippen LogP contribution < -0.4 is 0 Å². The second-order valence-corrected chi connectivity index (χ2v) is 10.6. The van der Waals surface area contributed by atoms with E-state index in [4.69, 9.17) is 0 Å². The van der Waals surface area contributed by atoms with Crippen LogP contribution in [0.4, 0.5) is 13.2 Å². The van der Waals surface area contributed by atoms with Gasteiger partial charge in [0, 0.05) is 11.1 Å². The predicted molar refractivity (Wildman–Crippen MR) is 142 cm³/mol. The summed E-state index contributed by atoms with van der Waals surface area (Å²) in [5.41, 5.74) is 1.55. The summed E-state index contributed by atoms with van der Waals surface area (Å²) >= 11 is 0.